The van der Waals surface area contributed by atoms with E-state index in [1.807, 2.05) is 18.2 Å². The van der Waals surface area contributed by atoms with E-state index in [4.69, 9.17) is 16.3 Å². The Labute approximate surface area is 128 Å². The van der Waals surface area contributed by atoms with Crippen LogP contribution in [-0.4, -0.2) is 17.3 Å². The van der Waals surface area contributed by atoms with Crippen molar-refractivity contribution < 1.29 is 4.74 Å². The minimum Gasteiger partial charge on any atom is -0.496 e. The standard InChI is InChI=1S/C14H18ClN3OS/c1-9(2)7-13-17-18-14(20-13)16-8-10-11(15)5-4-6-12(10)19-3/h4-6,9H,7-8H2,1-3H3,(H,16,18). The second kappa shape index (κ2) is 6.90. The van der Waals surface area contributed by atoms with Crippen molar-refractivity contribution in [3.05, 3.63) is 33.8 Å². The highest BCUT2D eigenvalue weighted by atomic mass is 35.5. The summed E-state index contributed by atoms with van der Waals surface area (Å²) in [5.41, 5.74) is 0.928. The normalized spacial score (nSPS) is 10.8. The summed E-state index contributed by atoms with van der Waals surface area (Å²) >= 11 is 7.78. The Hall–Kier alpha value is -1.33. The van der Waals surface area contributed by atoms with Crippen molar-refractivity contribution in [2.24, 2.45) is 5.92 Å². The largest absolute Gasteiger partial charge is 0.496 e. The lowest BCUT2D eigenvalue weighted by Gasteiger charge is -2.10. The average Bonchev–Trinajstić information content (AvgIpc) is 2.83. The van der Waals surface area contributed by atoms with Crippen molar-refractivity contribution in [3.63, 3.8) is 0 Å². The number of methoxy groups -OCH3 is 1. The van der Waals surface area contributed by atoms with Crippen LogP contribution in [0.3, 0.4) is 0 Å². The van der Waals surface area contributed by atoms with E-state index in [1.165, 1.54) is 0 Å². The number of aromatic nitrogens is 2. The molecule has 6 heteroatoms. The van der Waals surface area contributed by atoms with Crippen LogP contribution in [0.1, 0.15) is 24.4 Å². The molecule has 4 nitrogen and oxygen atoms in total. The maximum atomic E-state index is 6.20. The van der Waals surface area contributed by atoms with Gasteiger partial charge in [-0.05, 0) is 18.1 Å². The van der Waals surface area contributed by atoms with Gasteiger partial charge in [-0.15, -0.1) is 10.2 Å². The summed E-state index contributed by atoms with van der Waals surface area (Å²) in [6.45, 7) is 4.91. The number of rotatable bonds is 6. The second-order valence-electron chi connectivity index (χ2n) is 4.87. The fourth-order valence-corrected chi connectivity index (χ4v) is 3.00. The molecule has 0 amide bonds. The van der Waals surface area contributed by atoms with Crippen LogP contribution < -0.4 is 10.1 Å². The summed E-state index contributed by atoms with van der Waals surface area (Å²) in [5, 5.41) is 14.1. The Morgan fingerprint density at radius 2 is 2.15 bits per heavy atom. The number of benzene rings is 1. The summed E-state index contributed by atoms with van der Waals surface area (Å²) in [6, 6.07) is 5.62. The van der Waals surface area contributed by atoms with E-state index in [9.17, 15) is 0 Å². The lowest BCUT2D eigenvalue weighted by molar-refractivity contribution is 0.410. The maximum absolute atomic E-state index is 6.20. The first-order chi connectivity index (χ1) is 9.60. The zero-order valence-corrected chi connectivity index (χ0v) is 13.4. The molecule has 0 aliphatic rings. The molecule has 1 heterocycles. The van der Waals surface area contributed by atoms with Crippen LogP contribution in [0, 0.1) is 5.92 Å². The van der Waals surface area contributed by atoms with Crippen LogP contribution in [0.25, 0.3) is 0 Å². The molecular weight excluding hydrogens is 294 g/mol. The van der Waals surface area contributed by atoms with Crippen LogP contribution in [0.5, 0.6) is 5.75 Å². The lowest BCUT2D eigenvalue weighted by Crippen LogP contribution is -2.02. The van der Waals surface area contributed by atoms with Gasteiger partial charge in [0.2, 0.25) is 5.13 Å². The molecular formula is C14H18ClN3OS. The number of nitrogens with zero attached hydrogens (tertiary/aromatic N) is 2. The minimum atomic E-state index is 0.569. The molecule has 0 saturated carbocycles. The van der Waals surface area contributed by atoms with Gasteiger partial charge in [0, 0.05) is 23.6 Å². The predicted molar refractivity (Wildman–Crippen MR) is 83.8 cm³/mol. The van der Waals surface area contributed by atoms with Gasteiger partial charge in [-0.3, -0.25) is 0 Å². The zero-order chi connectivity index (χ0) is 14.5. The van der Waals surface area contributed by atoms with E-state index in [1.54, 1.807) is 18.4 Å². The molecule has 0 aliphatic carbocycles. The van der Waals surface area contributed by atoms with Crippen molar-refractivity contribution >= 4 is 28.1 Å². The third-order valence-corrected chi connectivity index (χ3v) is 4.02. The molecule has 1 N–H and O–H groups in total. The molecule has 0 atom stereocenters. The minimum absolute atomic E-state index is 0.569. The Balaban J connectivity index is 2.03. The number of nitrogens with one attached hydrogen (secondary N) is 1. The molecule has 20 heavy (non-hydrogen) atoms. The lowest BCUT2D eigenvalue weighted by atomic mass is 10.1. The summed E-state index contributed by atoms with van der Waals surface area (Å²) < 4.78 is 5.32. The van der Waals surface area contributed by atoms with Crippen LogP contribution >= 0.6 is 22.9 Å². The molecule has 1 aromatic carbocycles. The topological polar surface area (TPSA) is 47.0 Å². The van der Waals surface area contributed by atoms with Gasteiger partial charge < -0.3 is 10.1 Å². The second-order valence-corrected chi connectivity index (χ2v) is 6.34. The average molecular weight is 312 g/mol. The highest BCUT2D eigenvalue weighted by Gasteiger charge is 2.10. The summed E-state index contributed by atoms with van der Waals surface area (Å²) in [7, 11) is 1.64. The molecule has 0 fully saturated rings. The van der Waals surface area contributed by atoms with Gasteiger partial charge in [0.05, 0.1) is 7.11 Å². The number of ether oxygens (including phenoxy) is 1. The third-order valence-electron chi connectivity index (χ3n) is 2.76. The number of hydrogen-bond donors (Lipinski definition) is 1. The van der Waals surface area contributed by atoms with Crippen LogP contribution in [-0.2, 0) is 13.0 Å². The van der Waals surface area contributed by atoms with Crippen molar-refractivity contribution in [2.75, 3.05) is 12.4 Å². The molecule has 0 bridgehead atoms. The molecule has 0 radical (unpaired) electrons. The number of halogens is 1. The van der Waals surface area contributed by atoms with E-state index >= 15 is 0 Å². The van der Waals surface area contributed by atoms with E-state index in [2.05, 4.69) is 29.4 Å². The monoisotopic (exact) mass is 311 g/mol. The molecule has 0 unspecified atom stereocenters. The van der Waals surface area contributed by atoms with Crippen molar-refractivity contribution in [2.45, 2.75) is 26.8 Å². The molecule has 0 aliphatic heterocycles. The van der Waals surface area contributed by atoms with Gasteiger partial charge in [-0.25, -0.2) is 0 Å². The molecule has 2 rings (SSSR count). The van der Waals surface area contributed by atoms with Crippen molar-refractivity contribution in [1.82, 2.24) is 10.2 Å². The SMILES string of the molecule is COc1cccc(Cl)c1CNc1nnc(CC(C)C)s1. The smallest absolute Gasteiger partial charge is 0.205 e. The van der Waals surface area contributed by atoms with Gasteiger partial charge in [-0.2, -0.15) is 0 Å². The fourth-order valence-electron chi connectivity index (χ4n) is 1.82. The molecule has 1 aromatic heterocycles. The van der Waals surface area contributed by atoms with Crippen LogP contribution in [0.4, 0.5) is 5.13 Å². The first-order valence-corrected chi connectivity index (χ1v) is 7.67. The Kier molecular flexibility index (Phi) is 5.20. The Morgan fingerprint density at radius 1 is 1.35 bits per heavy atom. The molecule has 2 aromatic rings. The van der Waals surface area contributed by atoms with Crippen molar-refractivity contribution in [3.8, 4) is 5.75 Å². The van der Waals surface area contributed by atoms with Crippen molar-refractivity contribution in [1.29, 1.82) is 0 Å². The van der Waals surface area contributed by atoms with Gasteiger partial charge in [0.25, 0.3) is 0 Å². The molecule has 0 saturated heterocycles. The Bertz CT molecular complexity index is 571. The highest BCUT2D eigenvalue weighted by molar-refractivity contribution is 7.15. The van der Waals surface area contributed by atoms with E-state index in [0.29, 0.717) is 17.5 Å². The van der Waals surface area contributed by atoms with E-state index < -0.39 is 0 Å². The number of anilines is 1. The first-order valence-electron chi connectivity index (χ1n) is 6.47. The molecule has 108 valence electrons. The maximum Gasteiger partial charge on any atom is 0.205 e. The quantitative estimate of drug-likeness (QED) is 0.875. The van der Waals surface area contributed by atoms with Gasteiger partial charge >= 0.3 is 0 Å². The number of hydrogen-bond acceptors (Lipinski definition) is 5. The van der Waals surface area contributed by atoms with Gasteiger partial charge in [-0.1, -0.05) is 42.9 Å². The van der Waals surface area contributed by atoms with Gasteiger partial charge in [0.1, 0.15) is 10.8 Å². The van der Waals surface area contributed by atoms with Gasteiger partial charge in [0.15, 0.2) is 0 Å². The summed E-state index contributed by atoms with van der Waals surface area (Å²) in [5.74, 6) is 1.36. The van der Waals surface area contributed by atoms with Crippen LogP contribution in [0.2, 0.25) is 5.02 Å². The highest BCUT2D eigenvalue weighted by Crippen LogP contribution is 2.27. The van der Waals surface area contributed by atoms with E-state index in [-0.39, 0.29) is 0 Å². The Morgan fingerprint density at radius 3 is 2.85 bits per heavy atom. The molecule has 0 spiro atoms. The fraction of sp³-hybridized carbons (Fsp3) is 0.429. The van der Waals surface area contributed by atoms with E-state index in [0.717, 1.165) is 27.9 Å². The first kappa shape index (κ1) is 15.1. The summed E-state index contributed by atoms with van der Waals surface area (Å²) in [4.78, 5) is 0. The zero-order valence-electron chi connectivity index (χ0n) is 11.8. The summed E-state index contributed by atoms with van der Waals surface area (Å²) in [6.07, 6.45) is 0.953. The van der Waals surface area contributed by atoms with Crippen LogP contribution in [0.15, 0.2) is 18.2 Å². The third kappa shape index (κ3) is 3.84. The predicted octanol–water partition coefficient (Wildman–Crippen LogP) is 4.01.